The van der Waals surface area contributed by atoms with E-state index in [0.717, 1.165) is 17.1 Å². The first kappa shape index (κ1) is 17.9. The van der Waals surface area contributed by atoms with E-state index < -0.39 is 26.0 Å². The Labute approximate surface area is 135 Å². The summed E-state index contributed by atoms with van der Waals surface area (Å²) in [5.41, 5.74) is 0. The number of carbonyl (C=O) groups is 1. The number of rotatable bonds is 8. The van der Waals surface area contributed by atoms with Crippen LogP contribution in [0.25, 0.3) is 0 Å². The number of benzene rings is 1. The second kappa shape index (κ2) is 6.56. The maximum atomic E-state index is 12.6. The van der Waals surface area contributed by atoms with Crippen molar-refractivity contribution in [2.24, 2.45) is 0 Å². The zero-order valence-corrected chi connectivity index (χ0v) is 14.1. The molecule has 0 unspecified atom stereocenters. The van der Waals surface area contributed by atoms with Gasteiger partial charge in [0.1, 0.15) is 9.79 Å². The number of sulfonamides is 2. The van der Waals surface area contributed by atoms with Crippen LogP contribution in [0.2, 0.25) is 0 Å². The molecule has 1 aliphatic rings. The molecule has 2 N–H and O–H groups in total. The number of hydrogen-bond acceptors (Lipinski definition) is 5. The van der Waals surface area contributed by atoms with Crippen molar-refractivity contribution in [1.29, 1.82) is 0 Å². The van der Waals surface area contributed by atoms with Crippen LogP contribution in [0.4, 0.5) is 0 Å². The number of aliphatic carboxylic acids is 1. The Hall–Kier alpha value is -1.49. The lowest BCUT2D eigenvalue weighted by Gasteiger charge is -2.18. The van der Waals surface area contributed by atoms with Crippen molar-refractivity contribution in [3.8, 4) is 0 Å². The van der Waals surface area contributed by atoms with Gasteiger partial charge in [-0.05, 0) is 25.0 Å². The van der Waals surface area contributed by atoms with E-state index in [1.807, 2.05) is 0 Å². The lowest BCUT2D eigenvalue weighted by molar-refractivity contribution is -0.137. The van der Waals surface area contributed by atoms with Gasteiger partial charge in [-0.1, -0.05) is 12.1 Å². The fourth-order valence-electron chi connectivity index (χ4n) is 1.91. The lowest BCUT2D eigenvalue weighted by atomic mass is 10.4. The molecule has 0 aliphatic heterocycles. The summed E-state index contributed by atoms with van der Waals surface area (Å²) < 4.78 is 53.1. The standard InChI is InChI=1S/C13H18N2O6S2/c1-15(9-8-13(16)17)23(20,21)12-5-3-2-4-11(12)22(18,19)14-10-6-7-10/h2-5,10,14H,6-9H2,1H3,(H,16,17). The van der Waals surface area contributed by atoms with Crippen LogP contribution >= 0.6 is 0 Å². The molecule has 23 heavy (non-hydrogen) atoms. The fourth-order valence-corrected chi connectivity index (χ4v) is 5.19. The van der Waals surface area contributed by atoms with Gasteiger partial charge in [0.2, 0.25) is 20.0 Å². The predicted molar refractivity (Wildman–Crippen MR) is 81.9 cm³/mol. The Bertz CT molecular complexity index is 800. The topological polar surface area (TPSA) is 121 Å². The van der Waals surface area contributed by atoms with Gasteiger partial charge in [-0.25, -0.2) is 25.9 Å². The van der Waals surface area contributed by atoms with Gasteiger partial charge in [0.15, 0.2) is 0 Å². The first-order valence-corrected chi connectivity index (χ1v) is 9.86. The Morgan fingerprint density at radius 2 is 1.78 bits per heavy atom. The van der Waals surface area contributed by atoms with Gasteiger partial charge in [0, 0.05) is 19.6 Å². The number of carboxylic acids is 1. The molecule has 1 fully saturated rings. The second-order valence-electron chi connectivity index (χ2n) is 5.31. The smallest absolute Gasteiger partial charge is 0.304 e. The zero-order valence-electron chi connectivity index (χ0n) is 12.5. The summed E-state index contributed by atoms with van der Waals surface area (Å²) >= 11 is 0. The molecule has 0 spiro atoms. The van der Waals surface area contributed by atoms with Crippen LogP contribution in [-0.2, 0) is 24.8 Å². The third-order valence-corrected chi connectivity index (χ3v) is 6.99. The molecular formula is C13H18N2O6S2. The second-order valence-corrected chi connectivity index (χ2v) is 9.01. The lowest BCUT2D eigenvalue weighted by Crippen LogP contribution is -2.32. The quantitative estimate of drug-likeness (QED) is 0.682. The SMILES string of the molecule is CN(CCC(=O)O)S(=O)(=O)c1ccccc1S(=O)(=O)NC1CC1. The molecule has 128 valence electrons. The highest BCUT2D eigenvalue weighted by molar-refractivity contribution is 7.92. The van der Waals surface area contributed by atoms with Gasteiger partial charge in [0.25, 0.3) is 0 Å². The molecule has 2 rings (SSSR count). The molecule has 1 aromatic carbocycles. The first-order chi connectivity index (χ1) is 10.6. The van der Waals surface area contributed by atoms with Crippen LogP contribution in [0.15, 0.2) is 34.1 Å². The van der Waals surface area contributed by atoms with Crippen molar-refractivity contribution in [3.05, 3.63) is 24.3 Å². The maximum Gasteiger partial charge on any atom is 0.304 e. The minimum Gasteiger partial charge on any atom is -0.481 e. The van der Waals surface area contributed by atoms with E-state index in [1.54, 1.807) is 0 Å². The molecule has 1 aliphatic carbocycles. The summed E-state index contributed by atoms with van der Waals surface area (Å²) in [6.07, 6.45) is 1.09. The summed E-state index contributed by atoms with van der Waals surface area (Å²) in [4.78, 5) is 9.91. The predicted octanol–water partition coefficient (Wildman–Crippen LogP) is 0.222. The number of carboxylic acid groups (broad SMARTS) is 1. The van der Waals surface area contributed by atoms with Crippen LogP contribution in [-0.4, -0.2) is 51.9 Å². The van der Waals surface area contributed by atoms with Gasteiger partial charge in [-0.2, -0.15) is 0 Å². The van der Waals surface area contributed by atoms with Crippen molar-refractivity contribution in [2.75, 3.05) is 13.6 Å². The molecule has 1 aromatic rings. The highest BCUT2D eigenvalue weighted by Crippen LogP contribution is 2.27. The normalized spacial score (nSPS) is 15.7. The molecule has 0 bridgehead atoms. The van der Waals surface area contributed by atoms with Crippen LogP contribution in [0.3, 0.4) is 0 Å². The highest BCUT2D eigenvalue weighted by Gasteiger charge is 2.33. The van der Waals surface area contributed by atoms with E-state index in [2.05, 4.69) is 4.72 Å². The van der Waals surface area contributed by atoms with Crippen molar-refractivity contribution < 1.29 is 26.7 Å². The Balaban J connectivity index is 2.37. The summed E-state index contributed by atoms with van der Waals surface area (Å²) in [5.74, 6) is -1.14. The summed E-state index contributed by atoms with van der Waals surface area (Å²) in [6.45, 7) is -0.248. The molecule has 0 saturated heterocycles. The van der Waals surface area contributed by atoms with E-state index in [9.17, 15) is 21.6 Å². The highest BCUT2D eigenvalue weighted by atomic mass is 32.2. The van der Waals surface area contributed by atoms with E-state index in [4.69, 9.17) is 5.11 Å². The molecule has 8 nitrogen and oxygen atoms in total. The van der Waals surface area contributed by atoms with Crippen molar-refractivity contribution in [1.82, 2.24) is 9.03 Å². The maximum absolute atomic E-state index is 12.6. The Morgan fingerprint density at radius 3 is 2.30 bits per heavy atom. The molecule has 0 heterocycles. The van der Waals surface area contributed by atoms with Gasteiger partial charge in [0.05, 0.1) is 6.42 Å². The zero-order chi connectivity index (χ0) is 17.3. The molecular weight excluding hydrogens is 344 g/mol. The molecule has 1 saturated carbocycles. The van der Waals surface area contributed by atoms with Gasteiger partial charge < -0.3 is 5.11 Å². The summed E-state index contributed by atoms with van der Waals surface area (Å²) in [7, 11) is -6.84. The van der Waals surface area contributed by atoms with Gasteiger partial charge in [-0.15, -0.1) is 0 Å². The average Bonchev–Trinajstić information content (AvgIpc) is 3.27. The Kier molecular flexibility index (Phi) is 5.09. The van der Waals surface area contributed by atoms with Crippen molar-refractivity contribution >= 4 is 26.0 Å². The van der Waals surface area contributed by atoms with E-state index >= 15 is 0 Å². The van der Waals surface area contributed by atoms with E-state index in [-0.39, 0.29) is 28.8 Å². The van der Waals surface area contributed by atoms with Gasteiger partial charge in [-0.3, -0.25) is 4.79 Å². The number of nitrogens with zero attached hydrogens (tertiary/aromatic N) is 1. The minimum absolute atomic E-state index is 0.152. The average molecular weight is 362 g/mol. The largest absolute Gasteiger partial charge is 0.481 e. The summed E-state index contributed by atoms with van der Waals surface area (Å²) in [5, 5.41) is 8.66. The van der Waals surface area contributed by atoms with Crippen LogP contribution < -0.4 is 4.72 Å². The van der Waals surface area contributed by atoms with Crippen LogP contribution in [0.1, 0.15) is 19.3 Å². The van der Waals surface area contributed by atoms with Gasteiger partial charge >= 0.3 is 5.97 Å². The van der Waals surface area contributed by atoms with Crippen molar-refractivity contribution in [2.45, 2.75) is 35.1 Å². The molecule has 10 heteroatoms. The molecule has 0 radical (unpaired) electrons. The first-order valence-electron chi connectivity index (χ1n) is 6.94. The third-order valence-electron chi connectivity index (χ3n) is 3.37. The number of hydrogen-bond donors (Lipinski definition) is 2. The summed E-state index contributed by atoms with van der Waals surface area (Å²) in [6, 6.07) is 5.14. The van der Waals surface area contributed by atoms with Crippen LogP contribution in [0.5, 0.6) is 0 Å². The van der Waals surface area contributed by atoms with E-state index in [0.29, 0.717) is 0 Å². The monoisotopic (exact) mass is 362 g/mol. The number of nitrogens with one attached hydrogen (secondary N) is 1. The molecule has 0 aromatic heterocycles. The fraction of sp³-hybridized carbons (Fsp3) is 0.462. The molecule has 0 amide bonds. The molecule has 0 atom stereocenters. The Morgan fingerprint density at radius 1 is 1.22 bits per heavy atom. The van der Waals surface area contributed by atoms with E-state index in [1.165, 1.54) is 31.3 Å². The minimum atomic E-state index is -4.11. The third kappa shape index (κ3) is 4.28. The van der Waals surface area contributed by atoms with Crippen molar-refractivity contribution in [3.63, 3.8) is 0 Å². The van der Waals surface area contributed by atoms with Crippen LogP contribution in [0, 0.1) is 0 Å².